The van der Waals surface area contributed by atoms with Gasteiger partial charge in [-0.3, -0.25) is 9.89 Å². The number of rotatable bonds is 5. The van der Waals surface area contributed by atoms with Crippen LogP contribution in [-0.4, -0.2) is 46.7 Å². The van der Waals surface area contributed by atoms with Gasteiger partial charge in [0.15, 0.2) is 0 Å². The molecule has 1 aliphatic rings. The summed E-state index contributed by atoms with van der Waals surface area (Å²) < 4.78 is 52.4. The number of aryl methyl sites for hydroxylation is 1. The highest BCUT2D eigenvalue weighted by Gasteiger charge is 2.34. The molecule has 10 heteroatoms. The number of H-pyrrole nitrogens is 1. The minimum atomic E-state index is -4.43. The van der Waals surface area contributed by atoms with E-state index >= 15 is 0 Å². The Morgan fingerprint density at radius 1 is 1.26 bits per heavy atom. The summed E-state index contributed by atoms with van der Waals surface area (Å²) in [6.07, 6.45) is -3.05. The summed E-state index contributed by atoms with van der Waals surface area (Å²) in [5.74, 6) is 0.154. The van der Waals surface area contributed by atoms with Crippen LogP contribution < -0.4 is 15.2 Å². The Bertz CT molecular complexity index is 1120. The van der Waals surface area contributed by atoms with Gasteiger partial charge in [-0.25, -0.2) is 0 Å². The van der Waals surface area contributed by atoms with Crippen LogP contribution in [0, 0.1) is 0 Å². The van der Waals surface area contributed by atoms with Gasteiger partial charge in [-0.1, -0.05) is 6.07 Å². The van der Waals surface area contributed by atoms with E-state index in [4.69, 9.17) is 9.47 Å². The number of hydrogen-bond donors (Lipinski definition) is 1. The number of ether oxygens (including phenoxy) is 2. The molecule has 2 aromatic heterocycles. The molecule has 0 aliphatic carbocycles. The highest BCUT2D eigenvalue weighted by molar-refractivity contribution is 5.87. The van der Waals surface area contributed by atoms with Crippen LogP contribution in [0.1, 0.15) is 18.9 Å². The first-order valence-electron chi connectivity index (χ1n) is 10.0. The number of pyridine rings is 1. The summed E-state index contributed by atoms with van der Waals surface area (Å²) in [4.78, 5) is 14.4. The summed E-state index contributed by atoms with van der Waals surface area (Å²) >= 11 is 0. The van der Waals surface area contributed by atoms with Gasteiger partial charge in [0.05, 0.1) is 16.8 Å². The van der Waals surface area contributed by atoms with Gasteiger partial charge in [0, 0.05) is 45.4 Å². The molecule has 1 aromatic carbocycles. The number of fused-ring (bicyclic) bond motifs is 1. The molecule has 0 unspecified atom stereocenters. The third-order valence-corrected chi connectivity index (χ3v) is 5.48. The lowest BCUT2D eigenvalue weighted by Gasteiger charge is -2.39. The molecule has 7 nitrogen and oxygen atoms in total. The number of halogens is 3. The fraction of sp³-hybridized carbons (Fsp3) is 0.429. The average molecular weight is 436 g/mol. The summed E-state index contributed by atoms with van der Waals surface area (Å²) in [5, 5.41) is 7.08. The second kappa shape index (κ2) is 8.26. The van der Waals surface area contributed by atoms with Crippen molar-refractivity contribution in [1.29, 1.82) is 0 Å². The Morgan fingerprint density at radius 3 is 2.81 bits per heavy atom. The van der Waals surface area contributed by atoms with Crippen molar-refractivity contribution in [2.75, 3.05) is 24.6 Å². The van der Waals surface area contributed by atoms with Gasteiger partial charge >= 0.3 is 6.18 Å². The molecule has 3 aromatic rings. The molecule has 1 saturated heterocycles. The zero-order valence-electron chi connectivity index (χ0n) is 17.1. The monoisotopic (exact) mass is 436 g/mol. The van der Waals surface area contributed by atoms with Crippen molar-refractivity contribution in [3.05, 3.63) is 52.4 Å². The number of anilines is 1. The quantitative estimate of drug-likeness (QED) is 0.664. The summed E-state index contributed by atoms with van der Waals surface area (Å²) in [6.45, 7) is 3.24. The molecule has 0 amide bonds. The van der Waals surface area contributed by atoms with E-state index in [1.54, 1.807) is 19.3 Å². The first-order valence-corrected chi connectivity index (χ1v) is 10.0. The second-order valence-electron chi connectivity index (χ2n) is 7.46. The Hall–Kier alpha value is -3.01. The van der Waals surface area contributed by atoms with Crippen molar-refractivity contribution in [3.63, 3.8) is 0 Å². The van der Waals surface area contributed by atoms with Crippen LogP contribution in [0.3, 0.4) is 0 Å². The molecule has 1 aliphatic heterocycles. The number of nitrogens with zero attached hydrogens (tertiary/aromatic N) is 3. The topological polar surface area (TPSA) is 72.4 Å². The highest BCUT2D eigenvalue weighted by atomic mass is 19.4. The maximum absolute atomic E-state index is 13.0. The zero-order chi connectivity index (χ0) is 22.2. The molecule has 31 heavy (non-hydrogen) atoms. The largest absolute Gasteiger partial charge is 0.488 e. The van der Waals surface area contributed by atoms with Gasteiger partial charge in [-0.05, 0) is 25.1 Å². The summed E-state index contributed by atoms with van der Waals surface area (Å²) in [6, 6.07) is 6.40. The molecule has 4 rings (SSSR count). The molecule has 1 fully saturated rings. The van der Waals surface area contributed by atoms with Gasteiger partial charge in [0.25, 0.3) is 5.56 Å². The predicted octanol–water partition coefficient (Wildman–Crippen LogP) is 3.34. The van der Waals surface area contributed by atoms with E-state index in [2.05, 4.69) is 10.2 Å². The van der Waals surface area contributed by atoms with E-state index in [1.165, 1.54) is 16.7 Å². The predicted molar refractivity (Wildman–Crippen MR) is 109 cm³/mol. The number of alkyl halides is 3. The maximum Gasteiger partial charge on any atom is 0.416 e. The fourth-order valence-corrected chi connectivity index (χ4v) is 3.91. The lowest BCUT2D eigenvalue weighted by molar-refractivity contribution is -0.137. The van der Waals surface area contributed by atoms with E-state index in [1.807, 2.05) is 11.8 Å². The van der Waals surface area contributed by atoms with E-state index < -0.39 is 17.8 Å². The van der Waals surface area contributed by atoms with Crippen molar-refractivity contribution in [3.8, 4) is 5.75 Å². The molecule has 0 bridgehead atoms. The van der Waals surface area contributed by atoms with Crippen molar-refractivity contribution < 1.29 is 22.6 Å². The number of aromatic amines is 1. The Kier molecular flexibility index (Phi) is 5.65. The van der Waals surface area contributed by atoms with Gasteiger partial charge in [0.2, 0.25) is 0 Å². The summed E-state index contributed by atoms with van der Waals surface area (Å²) in [5.41, 5.74) is 1.16. The molecule has 2 atom stereocenters. The van der Waals surface area contributed by atoms with E-state index in [0.717, 1.165) is 12.1 Å². The molecule has 1 N–H and O–H groups in total. The number of aromatic nitrogens is 3. The molecule has 166 valence electrons. The lowest BCUT2D eigenvalue weighted by Crippen LogP contribution is -2.50. The van der Waals surface area contributed by atoms with Crippen LogP contribution >= 0.6 is 0 Å². The van der Waals surface area contributed by atoms with Crippen LogP contribution in [0.15, 0.2) is 41.3 Å². The molecule has 0 radical (unpaired) electrons. The first-order chi connectivity index (χ1) is 14.8. The van der Waals surface area contributed by atoms with Gasteiger partial charge in [0.1, 0.15) is 23.5 Å². The van der Waals surface area contributed by atoms with Gasteiger partial charge in [-0.2, -0.15) is 18.3 Å². The van der Waals surface area contributed by atoms with Crippen molar-refractivity contribution >= 4 is 16.7 Å². The number of benzene rings is 1. The second-order valence-corrected chi connectivity index (χ2v) is 7.46. The van der Waals surface area contributed by atoms with Crippen molar-refractivity contribution in [2.45, 2.75) is 31.7 Å². The normalized spacial score (nSPS) is 19.7. The minimum absolute atomic E-state index is 0.154. The number of nitrogens with one attached hydrogen (secondary N) is 1. The highest BCUT2D eigenvalue weighted by Crippen LogP contribution is 2.33. The first kappa shape index (κ1) is 21.2. The lowest BCUT2D eigenvalue weighted by atomic mass is 10.0. The minimum Gasteiger partial charge on any atom is -0.488 e. The van der Waals surface area contributed by atoms with Crippen molar-refractivity contribution in [1.82, 2.24) is 14.8 Å². The molecule has 3 heterocycles. The Labute approximate surface area is 176 Å². The summed E-state index contributed by atoms with van der Waals surface area (Å²) in [7, 11) is 1.68. The van der Waals surface area contributed by atoms with Crippen molar-refractivity contribution in [2.24, 2.45) is 7.05 Å². The number of piperidine rings is 1. The Morgan fingerprint density at radius 2 is 2.06 bits per heavy atom. The molecular formula is C21H23F3N4O3. The van der Waals surface area contributed by atoms with Gasteiger partial charge < -0.3 is 18.9 Å². The van der Waals surface area contributed by atoms with Crippen LogP contribution in [0.25, 0.3) is 11.0 Å². The Balaban J connectivity index is 1.57. The van der Waals surface area contributed by atoms with Crippen LogP contribution in [-0.2, 0) is 18.0 Å². The van der Waals surface area contributed by atoms with Crippen LogP contribution in [0.2, 0.25) is 0 Å². The average Bonchev–Trinajstić information content (AvgIpc) is 3.22. The standard InChI is InChI=1S/C21H23F3N4O3/c1-3-30-18-12-28(15-10-19(29)27(2)16-11-25-26-20(15)16)8-7-17(18)31-14-6-4-5-13(9-14)21(22,23)24/h4-6,9-11,17-18H,3,7-8,12H2,1-2H3,(H,25,26)/t17-,18-/m1/s1. The van der Waals surface area contributed by atoms with Crippen LogP contribution in [0.4, 0.5) is 18.9 Å². The third-order valence-electron chi connectivity index (χ3n) is 5.48. The van der Waals surface area contributed by atoms with Gasteiger partial charge in [-0.15, -0.1) is 0 Å². The molecular weight excluding hydrogens is 413 g/mol. The maximum atomic E-state index is 13.0. The molecule has 0 spiro atoms. The number of hydrogen-bond acceptors (Lipinski definition) is 5. The fourth-order valence-electron chi connectivity index (χ4n) is 3.91. The SMILES string of the molecule is CCO[C@@H]1CN(c2cc(=O)n(C)c3c[nH]nc23)CC[C@H]1Oc1cccc(C(F)(F)F)c1. The van der Waals surface area contributed by atoms with E-state index in [-0.39, 0.29) is 17.4 Å². The third kappa shape index (κ3) is 4.25. The van der Waals surface area contributed by atoms with Crippen LogP contribution in [0.5, 0.6) is 5.75 Å². The molecule has 0 saturated carbocycles. The van der Waals surface area contributed by atoms with E-state index in [0.29, 0.717) is 42.8 Å². The zero-order valence-corrected chi connectivity index (χ0v) is 17.1. The van der Waals surface area contributed by atoms with E-state index in [9.17, 15) is 18.0 Å². The smallest absolute Gasteiger partial charge is 0.416 e.